The second-order valence-corrected chi connectivity index (χ2v) is 7.56. The van der Waals surface area contributed by atoms with E-state index < -0.39 is 10.0 Å². The number of halogens is 1. The fourth-order valence-corrected chi connectivity index (χ4v) is 3.95. The summed E-state index contributed by atoms with van der Waals surface area (Å²) < 4.78 is 26.7. The minimum atomic E-state index is -3.36. The third kappa shape index (κ3) is 3.94. The predicted molar refractivity (Wildman–Crippen MR) is 91.0 cm³/mol. The summed E-state index contributed by atoms with van der Waals surface area (Å²) in [5, 5.41) is 3.15. The van der Waals surface area contributed by atoms with Gasteiger partial charge in [0.05, 0.1) is 11.3 Å². The zero-order valence-electron chi connectivity index (χ0n) is 12.9. The quantitative estimate of drug-likeness (QED) is 0.764. The lowest BCUT2D eigenvalue weighted by molar-refractivity contribution is -0.125. The molecule has 3 aliphatic heterocycles. The van der Waals surface area contributed by atoms with Crippen LogP contribution in [-0.4, -0.2) is 68.9 Å². The topological polar surface area (TPSA) is 82.1 Å². The molecule has 1 N–H and O–H groups in total. The first-order valence-electron chi connectivity index (χ1n) is 7.41. The molecule has 23 heavy (non-hydrogen) atoms. The third-order valence-corrected chi connectivity index (χ3v) is 5.30. The number of rotatable bonds is 3. The molecule has 9 heteroatoms. The van der Waals surface area contributed by atoms with E-state index >= 15 is 0 Å². The van der Waals surface area contributed by atoms with Gasteiger partial charge in [0.2, 0.25) is 0 Å². The number of amides is 1. The molecule has 0 radical (unpaired) electrons. The summed E-state index contributed by atoms with van der Waals surface area (Å²) in [6, 6.07) is 0. The smallest absolute Gasteiger partial charge is 0.256 e. The van der Waals surface area contributed by atoms with E-state index in [1.165, 1.54) is 0 Å². The van der Waals surface area contributed by atoms with E-state index in [2.05, 4.69) is 9.71 Å². The van der Waals surface area contributed by atoms with Crippen molar-refractivity contribution in [3.05, 3.63) is 23.9 Å². The Balaban J connectivity index is 0.00000192. The molecule has 0 aliphatic carbocycles. The van der Waals surface area contributed by atoms with E-state index in [1.54, 1.807) is 23.3 Å². The maximum atomic E-state index is 12.6. The summed E-state index contributed by atoms with van der Waals surface area (Å²) >= 11 is 0. The molecule has 7 nitrogen and oxygen atoms in total. The Morgan fingerprint density at radius 2 is 2.17 bits per heavy atom. The number of carbonyl (C=O) groups excluding carboxylic acids is 1. The van der Waals surface area contributed by atoms with Crippen LogP contribution in [0.3, 0.4) is 0 Å². The van der Waals surface area contributed by atoms with Gasteiger partial charge in [0.15, 0.2) is 0 Å². The van der Waals surface area contributed by atoms with E-state index in [4.69, 9.17) is 0 Å². The highest BCUT2D eigenvalue weighted by molar-refractivity contribution is 7.90. The average molecular weight is 361 g/mol. The summed E-state index contributed by atoms with van der Waals surface area (Å²) in [4.78, 5) is 16.1. The summed E-state index contributed by atoms with van der Waals surface area (Å²) in [7, 11) is -1.44. The Labute approximate surface area is 142 Å². The Hall–Kier alpha value is -1.38. The standard InChI is InChI=1S/C14H20N4O3S.ClH/c1-15-8-11-4-5-18(9-11)14(19)12-2-3-13-16-22(20,21)7-6-17(13)10-12;/h2-3,10-11,15H,4-9H2,1H3;1H. The fraction of sp³-hybridized carbons (Fsp3) is 0.571. The van der Waals surface area contributed by atoms with E-state index in [1.807, 2.05) is 11.9 Å². The molecule has 3 heterocycles. The molecule has 0 aromatic heterocycles. The van der Waals surface area contributed by atoms with E-state index in [-0.39, 0.29) is 24.1 Å². The molecule has 1 unspecified atom stereocenters. The maximum Gasteiger partial charge on any atom is 0.256 e. The van der Waals surface area contributed by atoms with Gasteiger partial charge in [0, 0.05) is 25.8 Å². The second-order valence-electron chi connectivity index (χ2n) is 5.81. The van der Waals surface area contributed by atoms with Crippen molar-refractivity contribution in [3.63, 3.8) is 0 Å². The molecule has 1 fully saturated rings. The molecule has 3 aliphatic rings. The molecule has 0 saturated carbocycles. The van der Waals surface area contributed by atoms with Crippen LogP contribution in [0.15, 0.2) is 28.3 Å². The van der Waals surface area contributed by atoms with Gasteiger partial charge in [0.1, 0.15) is 5.84 Å². The maximum absolute atomic E-state index is 12.6. The van der Waals surface area contributed by atoms with Gasteiger partial charge in [0.25, 0.3) is 15.9 Å². The molecule has 1 saturated heterocycles. The van der Waals surface area contributed by atoms with Crippen LogP contribution in [0.4, 0.5) is 0 Å². The lowest BCUT2D eigenvalue weighted by Crippen LogP contribution is -2.38. The molecule has 0 spiro atoms. The van der Waals surface area contributed by atoms with E-state index in [0.29, 0.717) is 23.9 Å². The van der Waals surface area contributed by atoms with Crippen LogP contribution in [0.2, 0.25) is 0 Å². The number of fused-ring (bicyclic) bond motifs is 1. The van der Waals surface area contributed by atoms with Crippen LogP contribution >= 0.6 is 12.4 Å². The number of hydrogen-bond donors (Lipinski definition) is 1. The van der Waals surface area contributed by atoms with Crippen LogP contribution in [0.25, 0.3) is 0 Å². The number of amidine groups is 1. The predicted octanol–water partition coefficient (Wildman–Crippen LogP) is -0.0263. The average Bonchev–Trinajstić information content (AvgIpc) is 2.94. The normalized spacial score (nSPS) is 25.3. The van der Waals surface area contributed by atoms with Gasteiger partial charge in [-0.15, -0.1) is 16.8 Å². The van der Waals surface area contributed by atoms with Gasteiger partial charge in [-0.2, -0.15) is 0 Å². The van der Waals surface area contributed by atoms with Gasteiger partial charge in [-0.1, -0.05) is 0 Å². The summed E-state index contributed by atoms with van der Waals surface area (Å²) in [5.74, 6) is 0.870. The first-order chi connectivity index (χ1) is 10.5. The highest BCUT2D eigenvalue weighted by Crippen LogP contribution is 2.21. The molecule has 0 bridgehead atoms. The molecule has 3 rings (SSSR count). The summed E-state index contributed by atoms with van der Waals surface area (Å²) in [6.45, 7) is 2.79. The third-order valence-electron chi connectivity index (χ3n) is 4.14. The van der Waals surface area contributed by atoms with Crippen molar-refractivity contribution in [1.29, 1.82) is 0 Å². The molecule has 128 valence electrons. The number of likely N-dealkylation sites (tertiary alicyclic amines) is 1. The molecule has 0 aromatic carbocycles. The van der Waals surface area contributed by atoms with Gasteiger partial charge in [-0.05, 0) is 38.1 Å². The Kier molecular flexibility index (Phi) is 5.49. The highest BCUT2D eigenvalue weighted by Gasteiger charge is 2.30. The summed E-state index contributed by atoms with van der Waals surface area (Å²) in [6.07, 6.45) is 5.98. The molecular formula is C14H21ClN4O3S. The number of hydrogen-bond acceptors (Lipinski definition) is 5. The van der Waals surface area contributed by atoms with Crippen LogP contribution in [0.5, 0.6) is 0 Å². The zero-order valence-corrected chi connectivity index (χ0v) is 14.6. The van der Waals surface area contributed by atoms with Crippen molar-refractivity contribution in [2.75, 3.05) is 39.0 Å². The first-order valence-corrected chi connectivity index (χ1v) is 9.02. The van der Waals surface area contributed by atoms with Crippen LogP contribution in [0, 0.1) is 5.92 Å². The zero-order chi connectivity index (χ0) is 15.7. The Bertz CT molecular complexity index is 672. The molecule has 1 atom stereocenters. The number of carbonyl (C=O) groups is 1. The monoisotopic (exact) mass is 360 g/mol. The van der Waals surface area contributed by atoms with Crippen LogP contribution in [-0.2, 0) is 14.8 Å². The van der Waals surface area contributed by atoms with Crippen LogP contribution < -0.4 is 5.32 Å². The Morgan fingerprint density at radius 3 is 2.91 bits per heavy atom. The molecule has 1 amide bonds. The SMILES string of the molecule is CNCC1CCN(C(=O)C2=CN3CCS(=O)(=O)N=C3C=C2)C1.Cl. The minimum absolute atomic E-state index is 0. The van der Waals surface area contributed by atoms with Crippen LogP contribution in [0.1, 0.15) is 6.42 Å². The van der Waals surface area contributed by atoms with Gasteiger partial charge >= 0.3 is 0 Å². The van der Waals surface area contributed by atoms with E-state index in [9.17, 15) is 13.2 Å². The van der Waals surface area contributed by atoms with E-state index in [0.717, 1.165) is 26.1 Å². The van der Waals surface area contributed by atoms with Gasteiger partial charge in [-0.25, -0.2) is 8.42 Å². The number of nitrogens with one attached hydrogen (secondary N) is 1. The minimum Gasteiger partial charge on any atom is -0.338 e. The van der Waals surface area contributed by atoms with Gasteiger partial charge in [-0.3, -0.25) is 4.79 Å². The lowest BCUT2D eigenvalue weighted by Gasteiger charge is -2.28. The highest BCUT2D eigenvalue weighted by atomic mass is 35.5. The molecular weight excluding hydrogens is 340 g/mol. The van der Waals surface area contributed by atoms with Crippen molar-refractivity contribution in [2.45, 2.75) is 6.42 Å². The van der Waals surface area contributed by atoms with Crippen molar-refractivity contribution >= 4 is 34.2 Å². The molecule has 0 aromatic rings. The largest absolute Gasteiger partial charge is 0.338 e. The van der Waals surface area contributed by atoms with Crippen molar-refractivity contribution in [2.24, 2.45) is 10.3 Å². The Morgan fingerprint density at radius 1 is 1.39 bits per heavy atom. The number of nitrogens with zero attached hydrogens (tertiary/aromatic N) is 3. The first kappa shape index (κ1) is 18.0. The lowest BCUT2D eigenvalue weighted by atomic mass is 10.1. The van der Waals surface area contributed by atoms with Crippen molar-refractivity contribution < 1.29 is 13.2 Å². The summed E-state index contributed by atoms with van der Waals surface area (Å²) in [5.41, 5.74) is 0.586. The second kappa shape index (κ2) is 7.02. The number of sulfonamides is 1. The fourth-order valence-electron chi connectivity index (χ4n) is 2.98. The van der Waals surface area contributed by atoms with Gasteiger partial charge < -0.3 is 15.1 Å². The van der Waals surface area contributed by atoms with Crippen molar-refractivity contribution in [1.82, 2.24) is 15.1 Å². The van der Waals surface area contributed by atoms with Crippen molar-refractivity contribution in [3.8, 4) is 0 Å².